The summed E-state index contributed by atoms with van der Waals surface area (Å²) in [5.41, 5.74) is 2.62. The molecule has 1 aliphatic heterocycles. The molecule has 0 fully saturated rings. The summed E-state index contributed by atoms with van der Waals surface area (Å²) >= 11 is 1.87. The molecule has 1 aliphatic rings. The van der Waals surface area contributed by atoms with Crippen LogP contribution in [0.3, 0.4) is 0 Å². The van der Waals surface area contributed by atoms with E-state index in [9.17, 15) is 0 Å². The fraction of sp³-hybridized carbons (Fsp3) is 0.611. The molecule has 25 heavy (non-hydrogen) atoms. The molecule has 0 aliphatic carbocycles. The van der Waals surface area contributed by atoms with Gasteiger partial charge in [-0.1, -0.05) is 0 Å². The number of thioether (sulfide) groups is 1. The molecule has 0 saturated heterocycles. The van der Waals surface area contributed by atoms with Crippen LogP contribution in [0.2, 0.25) is 0 Å². The Morgan fingerprint density at radius 1 is 1.24 bits per heavy atom. The van der Waals surface area contributed by atoms with Crippen LogP contribution in [-0.2, 0) is 13.0 Å². The predicted molar refractivity (Wildman–Crippen MR) is 118 cm³/mol. The second-order valence-corrected chi connectivity index (χ2v) is 6.72. The maximum Gasteiger partial charge on any atom is 0.194 e. The zero-order chi connectivity index (χ0) is 17.4. The normalized spacial score (nSPS) is 13.8. The first-order valence-corrected chi connectivity index (χ1v) is 9.88. The monoisotopic (exact) mass is 479 g/mol. The fourth-order valence-corrected chi connectivity index (χ4v) is 3.30. The number of nitrogens with one attached hydrogen (secondary N) is 1. The number of rotatable bonds is 7. The molecule has 0 bridgehead atoms. The Labute approximate surface area is 173 Å². The van der Waals surface area contributed by atoms with Crippen LogP contribution in [0.5, 0.6) is 11.5 Å². The zero-order valence-electron chi connectivity index (χ0n) is 15.6. The summed E-state index contributed by atoms with van der Waals surface area (Å²) in [5.74, 6) is 3.77. The Bertz CT molecular complexity index is 569. The first kappa shape index (κ1) is 22.2. The SMILES string of the molecule is CCNC(=NCCCSC)N1CCc2cc(OC)c(OC)cc2C1.I. The molecule has 0 spiro atoms. The number of fused-ring (bicyclic) bond motifs is 1. The molecular weight excluding hydrogens is 449 g/mol. The number of ether oxygens (including phenoxy) is 2. The average molecular weight is 479 g/mol. The van der Waals surface area contributed by atoms with Crippen molar-refractivity contribution < 1.29 is 9.47 Å². The lowest BCUT2D eigenvalue weighted by Crippen LogP contribution is -2.44. The van der Waals surface area contributed by atoms with Gasteiger partial charge < -0.3 is 19.7 Å². The molecule has 2 rings (SSSR count). The van der Waals surface area contributed by atoms with Gasteiger partial charge in [0, 0.05) is 26.2 Å². The summed E-state index contributed by atoms with van der Waals surface area (Å²) in [6, 6.07) is 4.20. The number of methoxy groups -OCH3 is 2. The summed E-state index contributed by atoms with van der Waals surface area (Å²) in [4.78, 5) is 7.12. The molecule has 1 N–H and O–H groups in total. The van der Waals surface area contributed by atoms with Crippen LogP contribution in [0.25, 0.3) is 0 Å². The molecular formula is C18H30IN3O2S. The molecule has 1 aromatic rings. The second-order valence-electron chi connectivity index (χ2n) is 5.73. The smallest absolute Gasteiger partial charge is 0.194 e. The molecule has 0 atom stereocenters. The fourth-order valence-electron chi connectivity index (χ4n) is 2.88. The molecule has 1 aromatic carbocycles. The van der Waals surface area contributed by atoms with Crippen molar-refractivity contribution in [3.8, 4) is 11.5 Å². The number of aliphatic imine (C=N–C) groups is 1. The van der Waals surface area contributed by atoms with E-state index in [4.69, 9.17) is 14.5 Å². The summed E-state index contributed by atoms with van der Waals surface area (Å²) in [6.45, 7) is 5.69. The first-order chi connectivity index (χ1) is 11.7. The minimum absolute atomic E-state index is 0. The average Bonchev–Trinajstić information content (AvgIpc) is 2.62. The second kappa shape index (κ2) is 11.7. The molecule has 0 amide bonds. The molecule has 142 valence electrons. The summed E-state index contributed by atoms with van der Waals surface area (Å²) in [7, 11) is 3.37. The van der Waals surface area contributed by atoms with Crippen LogP contribution in [-0.4, -0.2) is 56.7 Å². The van der Waals surface area contributed by atoms with Crippen molar-refractivity contribution in [2.45, 2.75) is 26.3 Å². The van der Waals surface area contributed by atoms with E-state index in [0.29, 0.717) is 0 Å². The van der Waals surface area contributed by atoms with Gasteiger partial charge in [-0.15, -0.1) is 24.0 Å². The van der Waals surface area contributed by atoms with Gasteiger partial charge in [0.25, 0.3) is 0 Å². The molecule has 1 heterocycles. The van der Waals surface area contributed by atoms with Gasteiger partial charge >= 0.3 is 0 Å². The topological polar surface area (TPSA) is 46.1 Å². The summed E-state index contributed by atoms with van der Waals surface area (Å²) < 4.78 is 10.9. The van der Waals surface area contributed by atoms with Gasteiger partial charge in [0.1, 0.15) is 0 Å². The lowest BCUT2D eigenvalue weighted by atomic mass is 9.99. The van der Waals surface area contributed by atoms with Crippen molar-refractivity contribution in [2.75, 3.05) is 45.9 Å². The number of hydrogen-bond donors (Lipinski definition) is 1. The van der Waals surface area contributed by atoms with E-state index < -0.39 is 0 Å². The minimum atomic E-state index is 0. The Hall–Kier alpha value is -0.830. The number of halogens is 1. The maximum absolute atomic E-state index is 5.45. The van der Waals surface area contributed by atoms with Gasteiger partial charge in [0.05, 0.1) is 14.2 Å². The van der Waals surface area contributed by atoms with Crippen LogP contribution in [0.15, 0.2) is 17.1 Å². The van der Waals surface area contributed by atoms with Crippen molar-refractivity contribution in [3.63, 3.8) is 0 Å². The van der Waals surface area contributed by atoms with Crippen molar-refractivity contribution in [1.82, 2.24) is 10.2 Å². The molecule has 0 unspecified atom stereocenters. The predicted octanol–water partition coefficient (Wildman–Crippen LogP) is 3.40. The van der Waals surface area contributed by atoms with E-state index in [1.165, 1.54) is 11.1 Å². The third-order valence-corrected chi connectivity index (χ3v) is 4.82. The molecule has 7 heteroatoms. The molecule has 0 aromatic heterocycles. The third-order valence-electron chi connectivity index (χ3n) is 4.12. The van der Waals surface area contributed by atoms with Crippen molar-refractivity contribution in [2.24, 2.45) is 4.99 Å². The van der Waals surface area contributed by atoms with E-state index in [2.05, 4.69) is 35.5 Å². The largest absolute Gasteiger partial charge is 0.493 e. The highest BCUT2D eigenvalue weighted by Crippen LogP contribution is 2.33. The van der Waals surface area contributed by atoms with Gasteiger partial charge in [-0.2, -0.15) is 11.8 Å². The quantitative estimate of drug-likeness (QED) is 0.281. The number of nitrogens with zero attached hydrogens (tertiary/aromatic N) is 2. The number of benzene rings is 1. The van der Waals surface area contributed by atoms with E-state index in [0.717, 1.165) is 62.2 Å². The van der Waals surface area contributed by atoms with E-state index >= 15 is 0 Å². The third kappa shape index (κ3) is 6.13. The van der Waals surface area contributed by atoms with Crippen LogP contribution < -0.4 is 14.8 Å². The van der Waals surface area contributed by atoms with Gasteiger partial charge in [0.15, 0.2) is 17.5 Å². The van der Waals surface area contributed by atoms with Crippen molar-refractivity contribution in [1.29, 1.82) is 0 Å². The lowest BCUT2D eigenvalue weighted by molar-refractivity contribution is 0.346. The summed E-state index contributed by atoms with van der Waals surface area (Å²) in [5, 5.41) is 3.42. The molecule has 5 nitrogen and oxygen atoms in total. The van der Waals surface area contributed by atoms with E-state index in [1.54, 1.807) is 14.2 Å². The highest BCUT2D eigenvalue weighted by molar-refractivity contribution is 14.0. The maximum atomic E-state index is 5.45. The zero-order valence-corrected chi connectivity index (χ0v) is 18.8. The van der Waals surface area contributed by atoms with E-state index in [-0.39, 0.29) is 24.0 Å². The Morgan fingerprint density at radius 3 is 2.52 bits per heavy atom. The molecule has 0 radical (unpaired) electrons. The van der Waals surface area contributed by atoms with Gasteiger partial charge in [-0.3, -0.25) is 4.99 Å². The van der Waals surface area contributed by atoms with Crippen LogP contribution in [0, 0.1) is 0 Å². The van der Waals surface area contributed by atoms with Gasteiger partial charge in [-0.05, 0) is 55.0 Å². The lowest BCUT2D eigenvalue weighted by Gasteiger charge is -2.32. The highest BCUT2D eigenvalue weighted by atomic mass is 127. The van der Waals surface area contributed by atoms with Crippen molar-refractivity contribution >= 4 is 41.7 Å². The summed E-state index contributed by atoms with van der Waals surface area (Å²) in [6.07, 6.45) is 4.24. The van der Waals surface area contributed by atoms with Crippen LogP contribution in [0.4, 0.5) is 0 Å². The number of hydrogen-bond acceptors (Lipinski definition) is 4. The first-order valence-electron chi connectivity index (χ1n) is 8.49. The Balaban J connectivity index is 0.00000312. The van der Waals surface area contributed by atoms with Crippen molar-refractivity contribution in [3.05, 3.63) is 23.3 Å². The van der Waals surface area contributed by atoms with Gasteiger partial charge in [0.2, 0.25) is 0 Å². The van der Waals surface area contributed by atoms with Crippen LogP contribution >= 0.6 is 35.7 Å². The van der Waals surface area contributed by atoms with E-state index in [1.807, 2.05) is 11.8 Å². The minimum Gasteiger partial charge on any atom is -0.493 e. The Morgan fingerprint density at radius 2 is 1.92 bits per heavy atom. The molecule has 0 saturated carbocycles. The van der Waals surface area contributed by atoms with Crippen LogP contribution in [0.1, 0.15) is 24.5 Å². The van der Waals surface area contributed by atoms with Gasteiger partial charge in [-0.25, -0.2) is 0 Å². The highest BCUT2D eigenvalue weighted by Gasteiger charge is 2.21. The standard InChI is InChI=1S/C18H29N3O2S.HI/c1-5-19-18(20-8-6-10-24-4)21-9-7-14-11-16(22-2)17(23-3)12-15(14)13-21;/h11-12H,5-10,13H2,1-4H3,(H,19,20);1H. The number of guanidine groups is 1. The Kier molecular flexibility index (Phi) is 10.4.